The third-order valence-corrected chi connectivity index (χ3v) is 2.21. The lowest BCUT2D eigenvalue weighted by Crippen LogP contribution is -2.37. The molecule has 4 N–H and O–H groups in total. The van der Waals surface area contributed by atoms with Gasteiger partial charge in [0.2, 0.25) is 11.8 Å². The van der Waals surface area contributed by atoms with Crippen molar-refractivity contribution in [3.8, 4) is 0 Å². The van der Waals surface area contributed by atoms with Gasteiger partial charge in [0, 0.05) is 6.61 Å². The molecule has 0 spiro atoms. The molecule has 1 saturated heterocycles. The summed E-state index contributed by atoms with van der Waals surface area (Å²) in [5, 5.41) is 0. The molecule has 1 atom stereocenters. The molecule has 1 aliphatic heterocycles. The quantitative estimate of drug-likeness (QED) is 0.559. The first-order valence-electron chi connectivity index (χ1n) is 4.31. The van der Waals surface area contributed by atoms with Crippen LogP contribution in [0.5, 0.6) is 0 Å². The zero-order chi connectivity index (χ0) is 9.84. The van der Waals surface area contributed by atoms with Crippen LogP contribution in [0.15, 0.2) is 0 Å². The van der Waals surface area contributed by atoms with Gasteiger partial charge in [0.15, 0.2) is 0 Å². The summed E-state index contributed by atoms with van der Waals surface area (Å²) in [5.41, 5.74) is 10.0. The number of hydrogen-bond acceptors (Lipinski definition) is 3. The Bertz CT molecular complexity index is 197. The lowest BCUT2D eigenvalue weighted by molar-refractivity contribution is -0.133. The molecule has 74 valence electrons. The van der Waals surface area contributed by atoms with Gasteiger partial charge in [-0.15, -0.1) is 0 Å². The van der Waals surface area contributed by atoms with Crippen molar-refractivity contribution in [3.63, 3.8) is 0 Å². The zero-order valence-corrected chi connectivity index (χ0v) is 7.36. The number of hydrogen-bond donors (Lipinski definition) is 2. The topological polar surface area (TPSA) is 95.4 Å². The average molecular weight is 186 g/mol. The molecule has 0 saturated carbocycles. The van der Waals surface area contributed by atoms with Crippen LogP contribution < -0.4 is 11.5 Å². The Morgan fingerprint density at radius 1 is 1.38 bits per heavy atom. The number of ether oxygens (including phenoxy) is 1. The fourth-order valence-electron chi connectivity index (χ4n) is 1.47. The van der Waals surface area contributed by atoms with Gasteiger partial charge in [0.05, 0.1) is 6.10 Å². The molecule has 5 heteroatoms. The number of amides is 2. The number of primary amides is 2. The first-order valence-corrected chi connectivity index (χ1v) is 4.31. The van der Waals surface area contributed by atoms with Gasteiger partial charge < -0.3 is 16.2 Å². The SMILES string of the molecule is NC(=O)C(CC1CCCO1)C(N)=O. The molecular weight excluding hydrogens is 172 g/mol. The highest BCUT2D eigenvalue weighted by molar-refractivity contribution is 5.98. The number of nitrogens with two attached hydrogens (primary N) is 2. The summed E-state index contributed by atoms with van der Waals surface area (Å²) in [6.45, 7) is 0.689. The summed E-state index contributed by atoms with van der Waals surface area (Å²) in [6, 6.07) is 0. The van der Waals surface area contributed by atoms with Crippen LogP contribution in [0.2, 0.25) is 0 Å². The van der Waals surface area contributed by atoms with E-state index >= 15 is 0 Å². The van der Waals surface area contributed by atoms with Crippen LogP contribution in [-0.4, -0.2) is 24.5 Å². The van der Waals surface area contributed by atoms with Gasteiger partial charge in [0.1, 0.15) is 5.92 Å². The highest BCUT2D eigenvalue weighted by Gasteiger charge is 2.28. The molecule has 0 radical (unpaired) electrons. The summed E-state index contributed by atoms with van der Waals surface area (Å²) >= 11 is 0. The monoisotopic (exact) mass is 186 g/mol. The van der Waals surface area contributed by atoms with Crippen molar-refractivity contribution < 1.29 is 14.3 Å². The second-order valence-corrected chi connectivity index (χ2v) is 3.23. The van der Waals surface area contributed by atoms with Crippen molar-refractivity contribution in [1.82, 2.24) is 0 Å². The molecule has 1 rings (SSSR count). The maximum Gasteiger partial charge on any atom is 0.230 e. The second-order valence-electron chi connectivity index (χ2n) is 3.23. The number of carbonyl (C=O) groups excluding carboxylic acids is 2. The van der Waals surface area contributed by atoms with Crippen molar-refractivity contribution in [3.05, 3.63) is 0 Å². The maximum absolute atomic E-state index is 10.8. The van der Waals surface area contributed by atoms with Gasteiger partial charge in [-0.1, -0.05) is 0 Å². The Morgan fingerprint density at radius 3 is 2.38 bits per heavy atom. The van der Waals surface area contributed by atoms with Gasteiger partial charge in [-0.3, -0.25) is 9.59 Å². The molecule has 0 aromatic heterocycles. The Labute approximate surface area is 76.4 Å². The highest BCUT2D eigenvalue weighted by Crippen LogP contribution is 2.19. The van der Waals surface area contributed by atoms with Gasteiger partial charge in [0.25, 0.3) is 0 Å². The van der Waals surface area contributed by atoms with E-state index in [4.69, 9.17) is 16.2 Å². The van der Waals surface area contributed by atoms with Crippen LogP contribution in [0.25, 0.3) is 0 Å². The van der Waals surface area contributed by atoms with Gasteiger partial charge >= 0.3 is 0 Å². The van der Waals surface area contributed by atoms with Crippen LogP contribution in [0.1, 0.15) is 19.3 Å². The Balaban J connectivity index is 2.46. The standard InChI is InChI=1S/C8H14N2O3/c9-7(11)6(8(10)12)4-5-2-1-3-13-5/h5-6H,1-4H2,(H2,9,11)(H2,10,12). The third kappa shape index (κ3) is 2.69. The normalized spacial score (nSPS) is 22.1. The van der Waals surface area contributed by atoms with Crippen molar-refractivity contribution in [1.29, 1.82) is 0 Å². The van der Waals surface area contributed by atoms with E-state index in [1.807, 2.05) is 0 Å². The van der Waals surface area contributed by atoms with E-state index in [1.165, 1.54) is 0 Å². The minimum atomic E-state index is -0.886. The van der Waals surface area contributed by atoms with Crippen molar-refractivity contribution in [2.75, 3.05) is 6.61 Å². The Morgan fingerprint density at radius 2 is 2.00 bits per heavy atom. The van der Waals surface area contributed by atoms with Crippen molar-refractivity contribution in [2.45, 2.75) is 25.4 Å². The molecule has 5 nitrogen and oxygen atoms in total. The molecule has 2 amide bonds. The van der Waals surface area contributed by atoms with E-state index in [0.717, 1.165) is 12.8 Å². The van der Waals surface area contributed by atoms with Gasteiger partial charge in [-0.05, 0) is 19.3 Å². The highest BCUT2D eigenvalue weighted by atomic mass is 16.5. The molecule has 1 aliphatic rings. The van der Waals surface area contributed by atoms with E-state index in [-0.39, 0.29) is 6.10 Å². The van der Waals surface area contributed by atoms with Crippen LogP contribution in [0.4, 0.5) is 0 Å². The first kappa shape index (κ1) is 9.98. The van der Waals surface area contributed by atoms with Gasteiger partial charge in [-0.2, -0.15) is 0 Å². The molecule has 1 fully saturated rings. The Hall–Kier alpha value is -1.10. The summed E-state index contributed by atoms with van der Waals surface area (Å²) in [7, 11) is 0. The smallest absolute Gasteiger partial charge is 0.230 e. The number of rotatable bonds is 4. The second kappa shape index (κ2) is 4.23. The van der Waals surface area contributed by atoms with Crippen molar-refractivity contribution >= 4 is 11.8 Å². The van der Waals surface area contributed by atoms with E-state index in [0.29, 0.717) is 13.0 Å². The average Bonchev–Trinajstić information content (AvgIpc) is 2.50. The zero-order valence-electron chi connectivity index (χ0n) is 7.36. The lowest BCUT2D eigenvalue weighted by atomic mass is 9.99. The summed E-state index contributed by atoms with van der Waals surface area (Å²) < 4.78 is 5.27. The van der Waals surface area contributed by atoms with Crippen LogP contribution in [0, 0.1) is 5.92 Å². The van der Waals surface area contributed by atoms with Gasteiger partial charge in [-0.25, -0.2) is 0 Å². The fraction of sp³-hybridized carbons (Fsp3) is 0.750. The summed E-state index contributed by atoms with van der Waals surface area (Å²) in [6.07, 6.45) is 2.13. The fourth-order valence-corrected chi connectivity index (χ4v) is 1.47. The van der Waals surface area contributed by atoms with E-state index < -0.39 is 17.7 Å². The lowest BCUT2D eigenvalue weighted by Gasteiger charge is -2.13. The van der Waals surface area contributed by atoms with E-state index in [1.54, 1.807) is 0 Å². The Kier molecular flexibility index (Phi) is 3.25. The molecular formula is C8H14N2O3. The van der Waals surface area contributed by atoms with Crippen molar-refractivity contribution in [2.24, 2.45) is 17.4 Å². The minimum absolute atomic E-state index is 0.0370. The summed E-state index contributed by atoms with van der Waals surface area (Å²) in [4.78, 5) is 21.6. The molecule has 0 aromatic carbocycles. The predicted octanol–water partition coefficient (Wildman–Crippen LogP) is -0.858. The maximum atomic E-state index is 10.8. The first-order chi connectivity index (χ1) is 6.11. The number of carbonyl (C=O) groups is 2. The summed E-state index contributed by atoms with van der Waals surface area (Å²) in [5.74, 6) is -2.21. The molecule has 0 aromatic rings. The largest absolute Gasteiger partial charge is 0.378 e. The van der Waals surface area contributed by atoms with E-state index in [2.05, 4.69) is 0 Å². The minimum Gasteiger partial charge on any atom is -0.378 e. The van der Waals surface area contributed by atoms with Crippen LogP contribution in [-0.2, 0) is 14.3 Å². The molecule has 0 aliphatic carbocycles. The van der Waals surface area contributed by atoms with E-state index in [9.17, 15) is 9.59 Å². The third-order valence-electron chi connectivity index (χ3n) is 2.21. The predicted molar refractivity (Wildman–Crippen MR) is 45.5 cm³/mol. The molecule has 13 heavy (non-hydrogen) atoms. The molecule has 0 bridgehead atoms. The van der Waals surface area contributed by atoms with Crippen LogP contribution >= 0.6 is 0 Å². The van der Waals surface area contributed by atoms with Crippen LogP contribution in [0.3, 0.4) is 0 Å². The molecule has 1 heterocycles. The molecule has 1 unspecified atom stereocenters.